The summed E-state index contributed by atoms with van der Waals surface area (Å²) in [7, 11) is 1.60. The molecule has 0 aromatic heterocycles. The van der Waals surface area contributed by atoms with Crippen LogP contribution in [-0.4, -0.2) is 48.9 Å². The predicted octanol–water partition coefficient (Wildman–Crippen LogP) is 3.22. The molecule has 0 bridgehead atoms. The summed E-state index contributed by atoms with van der Waals surface area (Å²) in [4.78, 5) is 25.9. The van der Waals surface area contributed by atoms with Crippen molar-refractivity contribution < 1.29 is 19.1 Å². The third-order valence-electron chi connectivity index (χ3n) is 3.84. The summed E-state index contributed by atoms with van der Waals surface area (Å²) in [5, 5.41) is 5.73. The van der Waals surface area contributed by atoms with E-state index in [1.807, 2.05) is 20.8 Å². The van der Waals surface area contributed by atoms with Gasteiger partial charge in [-0.25, -0.2) is 9.59 Å². The van der Waals surface area contributed by atoms with E-state index in [1.54, 1.807) is 36.3 Å². The van der Waals surface area contributed by atoms with Crippen LogP contribution >= 0.6 is 0 Å². The first-order valence-electron chi connectivity index (χ1n) is 8.46. The molecule has 7 nitrogen and oxygen atoms in total. The summed E-state index contributed by atoms with van der Waals surface area (Å²) in [5.41, 5.74) is 0.211. The van der Waals surface area contributed by atoms with Gasteiger partial charge in [-0.2, -0.15) is 0 Å². The van der Waals surface area contributed by atoms with Gasteiger partial charge in [-0.05, 0) is 57.9 Å². The number of amides is 3. The zero-order chi connectivity index (χ0) is 18.4. The van der Waals surface area contributed by atoms with E-state index in [9.17, 15) is 9.59 Å². The fraction of sp³-hybridized carbons (Fsp3) is 0.556. The van der Waals surface area contributed by atoms with Gasteiger partial charge in [-0.3, -0.25) is 0 Å². The molecule has 0 spiro atoms. The van der Waals surface area contributed by atoms with Crippen molar-refractivity contribution in [3.63, 3.8) is 0 Å². The molecule has 0 unspecified atom stereocenters. The van der Waals surface area contributed by atoms with Crippen molar-refractivity contribution in [2.45, 2.75) is 45.3 Å². The van der Waals surface area contributed by atoms with Gasteiger partial charge in [0.1, 0.15) is 11.4 Å². The van der Waals surface area contributed by atoms with Crippen LogP contribution in [0.1, 0.15) is 33.6 Å². The van der Waals surface area contributed by atoms with Gasteiger partial charge < -0.3 is 25.0 Å². The molecule has 7 heteroatoms. The van der Waals surface area contributed by atoms with E-state index < -0.39 is 11.7 Å². The molecule has 0 saturated carbocycles. The molecule has 3 amide bonds. The first-order chi connectivity index (χ1) is 11.8. The van der Waals surface area contributed by atoms with Gasteiger partial charge >= 0.3 is 12.1 Å². The van der Waals surface area contributed by atoms with Gasteiger partial charge in [0.25, 0.3) is 0 Å². The first kappa shape index (κ1) is 18.9. The number of hydrogen-bond donors (Lipinski definition) is 2. The van der Waals surface area contributed by atoms with Gasteiger partial charge in [-0.1, -0.05) is 0 Å². The number of alkyl carbamates (subject to hydrolysis) is 1. The van der Waals surface area contributed by atoms with Gasteiger partial charge in [0.2, 0.25) is 0 Å². The second kappa shape index (κ2) is 8.09. The molecule has 0 atom stereocenters. The largest absolute Gasteiger partial charge is 0.497 e. The Morgan fingerprint density at radius 3 is 2.24 bits per heavy atom. The fourth-order valence-electron chi connectivity index (χ4n) is 2.58. The minimum Gasteiger partial charge on any atom is -0.497 e. The number of urea groups is 1. The lowest BCUT2D eigenvalue weighted by Gasteiger charge is -2.32. The Labute approximate surface area is 148 Å². The predicted molar refractivity (Wildman–Crippen MR) is 96.0 cm³/mol. The minimum atomic E-state index is -0.511. The molecule has 2 N–H and O–H groups in total. The summed E-state index contributed by atoms with van der Waals surface area (Å²) >= 11 is 0. The maximum absolute atomic E-state index is 12.3. The van der Waals surface area contributed by atoms with Crippen molar-refractivity contribution in [2.75, 3.05) is 25.5 Å². The van der Waals surface area contributed by atoms with Crippen molar-refractivity contribution in [3.05, 3.63) is 24.3 Å². The molecular weight excluding hydrogens is 322 g/mol. The highest BCUT2D eigenvalue weighted by molar-refractivity contribution is 5.89. The first-order valence-corrected chi connectivity index (χ1v) is 8.46. The zero-order valence-corrected chi connectivity index (χ0v) is 15.3. The Balaban J connectivity index is 1.77. The van der Waals surface area contributed by atoms with E-state index >= 15 is 0 Å². The highest BCUT2D eigenvalue weighted by atomic mass is 16.6. The summed E-state index contributed by atoms with van der Waals surface area (Å²) in [6.45, 7) is 6.67. The molecule has 1 aromatic rings. The third-order valence-corrected chi connectivity index (χ3v) is 3.84. The normalized spacial score (nSPS) is 15.4. The van der Waals surface area contributed by atoms with E-state index in [4.69, 9.17) is 9.47 Å². The van der Waals surface area contributed by atoms with Crippen LogP contribution in [-0.2, 0) is 4.74 Å². The van der Waals surface area contributed by atoms with E-state index in [-0.39, 0.29) is 12.1 Å². The zero-order valence-electron chi connectivity index (χ0n) is 15.3. The maximum Gasteiger partial charge on any atom is 0.407 e. The summed E-state index contributed by atoms with van der Waals surface area (Å²) < 4.78 is 10.4. The molecule has 25 heavy (non-hydrogen) atoms. The van der Waals surface area contributed by atoms with E-state index in [0.29, 0.717) is 25.9 Å². The lowest BCUT2D eigenvalue weighted by atomic mass is 10.1. The number of carbonyl (C=O) groups is 2. The number of rotatable bonds is 3. The highest BCUT2D eigenvalue weighted by Gasteiger charge is 2.25. The quantitative estimate of drug-likeness (QED) is 0.878. The number of anilines is 1. The number of methoxy groups -OCH3 is 1. The SMILES string of the molecule is COc1ccc(NC(=O)N2CCC(NC(=O)OC(C)(C)C)CC2)cc1. The standard InChI is InChI=1S/C18H27N3O4/c1-18(2,3)25-17(23)20-14-9-11-21(12-10-14)16(22)19-13-5-7-15(24-4)8-6-13/h5-8,14H,9-12H2,1-4H3,(H,19,22)(H,20,23). The number of nitrogens with zero attached hydrogens (tertiary/aromatic N) is 1. The molecular formula is C18H27N3O4. The van der Waals surface area contributed by atoms with Gasteiger partial charge in [0.05, 0.1) is 7.11 Å². The third kappa shape index (κ3) is 6.17. The van der Waals surface area contributed by atoms with Crippen LogP contribution in [0.25, 0.3) is 0 Å². The lowest BCUT2D eigenvalue weighted by Crippen LogP contribution is -2.48. The van der Waals surface area contributed by atoms with Crippen LogP contribution in [0.4, 0.5) is 15.3 Å². The Hall–Kier alpha value is -2.44. The fourth-order valence-corrected chi connectivity index (χ4v) is 2.58. The molecule has 0 aliphatic carbocycles. The van der Waals surface area contributed by atoms with Crippen molar-refractivity contribution in [1.82, 2.24) is 10.2 Å². The van der Waals surface area contributed by atoms with Crippen molar-refractivity contribution in [3.8, 4) is 5.75 Å². The molecule has 1 heterocycles. The number of benzene rings is 1. The Bertz CT molecular complexity index is 587. The molecule has 1 aliphatic heterocycles. The average molecular weight is 349 g/mol. The highest BCUT2D eigenvalue weighted by Crippen LogP contribution is 2.17. The smallest absolute Gasteiger partial charge is 0.407 e. The second-order valence-corrected chi connectivity index (χ2v) is 7.07. The van der Waals surface area contributed by atoms with E-state index in [0.717, 1.165) is 11.4 Å². The van der Waals surface area contributed by atoms with Crippen LogP contribution in [0.5, 0.6) is 5.75 Å². The molecule has 1 saturated heterocycles. The van der Waals surface area contributed by atoms with Crippen LogP contribution in [0.15, 0.2) is 24.3 Å². The van der Waals surface area contributed by atoms with E-state index in [2.05, 4.69) is 10.6 Å². The van der Waals surface area contributed by atoms with Gasteiger partial charge in [-0.15, -0.1) is 0 Å². The number of nitrogens with one attached hydrogen (secondary N) is 2. The number of ether oxygens (including phenoxy) is 2. The topological polar surface area (TPSA) is 79.9 Å². The number of likely N-dealkylation sites (tertiary alicyclic amines) is 1. The Kier molecular flexibility index (Phi) is 6.12. The second-order valence-electron chi connectivity index (χ2n) is 7.07. The van der Waals surface area contributed by atoms with Crippen LogP contribution in [0.3, 0.4) is 0 Å². The van der Waals surface area contributed by atoms with Crippen molar-refractivity contribution in [2.24, 2.45) is 0 Å². The molecule has 1 aliphatic rings. The average Bonchev–Trinajstić information content (AvgIpc) is 2.54. The van der Waals surface area contributed by atoms with Crippen LogP contribution in [0, 0.1) is 0 Å². The monoisotopic (exact) mass is 349 g/mol. The van der Waals surface area contributed by atoms with E-state index in [1.165, 1.54) is 0 Å². The summed E-state index contributed by atoms with van der Waals surface area (Å²) in [6.07, 6.45) is 0.999. The lowest BCUT2D eigenvalue weighted by molar-refractivity contribution is 0.0486. The number of hydrogen-bond acceptors (Lipinski definition) is 4. The summed E-state index contributed by atoms with van der Waals surface area (Å²) in [5.74, 6) is 0.743. The van der Waals surface area contributed by atoms with Crippen LogP contribution in [0.2, 0.25) is 0 Å². The maximum atomic E-state index is 12.3. The number of piperidine rings is 1. The molecule has 0 radical (unpaired) electrons. The Morgan fingerprint density at radius 2 is 1.72 bits per heavy atom. The Morgan fingerprint density at radius 1 is 1.12 bits per heavy atom. The molecule has 1 aromatic carbocycles. The minimum absolute atomic E-state index is 0.0277. The molecule has 138 valence electrons. The van der Waals surface area contributed by atoms with Crippen molar-refractivity contribution in [1.29, 1.82) is 0 Å². The molecule has 2 rings (SSSR count). The molecule has 1 fully saturated rings. The van der Waals surface area contributed by atoms with Crippen LogP contribution < -0.4 is 15.4 Å². The van der Waals surface area contributed by atoms with Gasteiger partial charge in [0, 0.05) is 24.8 Å². The van der Waals surface area contributed by atoms with Gasteiger partial charge in [0.15, 0.2) is 0 Å². The summed E-state index contributed by atoms with van der Waals surface area (Å²) in [6, 6.07) is 7.08. The number of carbonyl (C=O) groups excluding carboxylic acids is 2. The van der Waals surface area contributed by atoms with Crippen molar-refractivity contribution >= 4 is 17.8 Å².